The van der Waals surface area contributed by atoms with E-state index in [1.165, 1.54) is 10.9 Å². The van der Waals surface area contributed by atoms with Crippen LogP contribution in [0.4, 0.5) is 5.82 Å². The molecule has 1 heterocycles. The van der Waals surface area contributed by atoms with E-state index in [-0.39, 0.29) is 17.2 Å². The number of nitrogens with one attached hydrogen (secondary N) is 1. The maximum absolute atomic E-state index is 10.6. The molecule has 12 heavy (non-hydrogen) atoms. The number of nitrogens with two attached hydrogens (primary N) is 2. The normalized spacial score (nSPS) is 9.75. The molecule has 6 heteroatoms. The van der Waals surface area contributed by atoms with Crippen molar-refractivity contribution in [2.45, 2.75) is 0 Å². The van der Waals surface area contributed by atoms with Crippen LogP contribution in [0.1, 0.15) is 5.69 Å². The third kappa shape index (κ3) is 1.14. The van der Waals surface area contributed by atoms with Gasteiger partial charge in [-0.3, -0.25) is 10.2 Å². The van der Waals surface area contributed by atoms with Crippen LogP contribution in [0, 0.1) is 5.41 Å². The lowest BCUT2D eigenvalue weighted by molar-refractivity contribution is -0.112. The van der Waals surface area contributed by atoms with Crippen molar-refractivity contribution in [3.05, 3.63) is 12.0 Å². The molecule has 6 nitrogen and oxygen atoms in total. The van der Waals surface area contributed by atoms with Crippen LogP contribution in [0.2, 0.25) is 0 Å². The Morgan fingerprint density at radius 2 is 2.33 bits per heavy atom. The maximum Gasteiger partial charge on any atom is 0.268 e. The number of primary amides is 1. The van der Waals surface area contributed by atoms with Crippen LogP contribution in [0.25, 0.3) is 0 Å². The Hall–Kier alpha value is -1.85. The van der Waals surface area contributed by atoms with Gasteiger partial charge >= 0.3 is 0 Å². The Morgan fingerprint density at radius 3 is 2.67 bits per heavy atom. The van der Waals surface area contributed by atoms with Crippen molar-refractivity contribution in [2.24, 2.45) is 12.8 Å². The van der Waals surface area contributed by atoms with Gasteiger partial charge in [0, 0.05) is 7.05 Å². The van der Waals surface area contributed by atoms with Crippen LogP contribution < -0.4 is 11.5 Å². The molecule has 0 spiro atoms. The largest absolute Gasteiger partial charge is 0.383 e. The Labute approximate surface area is 68.7 Å². The van der Waals surface area contributed by atoms with Crippen molar-refractivity contribution in [3.63, 3.8) is 0 Å². The predicted octanol–water partition coefficient (Wildman–Crippen LogP) is -1.14. The molecule has 0 aromatic carbocycles. The fraction of sp³-hybridized carbons (Fsp3) is 0.167. The van der Waals surface area contributed by atoms with E-state index in [0.717, 1.165) is 0 Å². The third-order valence-electron chi connectivity index (χ3n) is 1.47. The number of hydrogen-bond acceptors (Lipinski definition) is 4. The Morgan fingerprint density at radius 1 is 1.75 bits per heavy atom. The first-order valence-corrected chi connectivity index (χ1v) is 3.19. The van der Waals surface area contributed by atoms with E-state index >= 15 is 0 Å². The molecule has 1 amide bonds. The van der Waals surface area contributed by atoms with Crippen LogP contribution in [0.5, 0.6) is 0 Å². The molecule has 1 aromatic rings. The molecule has 0 fully saturated rings. The first-order chi connectivity index (χ1) is 5.54. The second-order valence-corrected chi connectivity index (χ2v) is 2.33. The van der Waals surface area contributed by atoms with E-state index in [4.69, 9.17) is 16.9 Å². The number of nitrogen functional groups attached to an aromatic ring is 1. The van der Waals surface area contributed by atoms with Crippen molar-refractivity contribution in [2.75, 3.05) is 5.73 Å². The minimum absolute atomic E-state index is 0.130. The minimum atomic E-state index is -0.833. The first-order valence-electron chi connectivity index (χ1n) is 3.19. The molecule has 0 radical (unpaired) electrons. The third-order valence-corrected chi connectivity index (χ3v) is 1.47. The molecule has 0 atom stereocenters. The van der Waals surface area contributed by atoms with E-state index < -0.39 is 5.91 Å². The monoisotopic (exact) mass is 167 g/mol. The summed E-state index contributed by atoms with van der Waals surface area (Å²) in [6, 6.07) is 0. The van der Waals surface area contributed by atoms with Gasteiger partial charge < -0.3 is 16.0 Å². The zero-order chi connectivity index (χ0) is 9.30. The molecule has 5 N–H and O–H groups in total. The second-order valence-electron chi connectivity index (χ2n) is 2.33. The number of aromatic nitrogens is 2. The van der Waals surface area contributed by atoms with Gasteiger partial charge in [-0.05, 0) is 0 Å². The molecular weight excluding hydrogens is 158 g/mol. The molecule has 0 aliphatic rings. The number of carbonyl (C=O) groups excluding carboxylic acids is 1. The van der Waals surface area contributed by atoms with E-state index in [2.05, 4.69) is 4.98 Å². The number of imidazole rings is 1. The highest BCUT2D eigenvalue weighted by atomic mass is 16.1. The zero-order valence-electron chi connectivity index (χ0n) is 6.53. The lowest BCUT2D eigenvalue weighted by atomic mass is 10.2. The summed E-state index contributed by atoms with van der Waals surface area (Å²) in [6.07, 6.45) is 1.42. The van der Waals surface area contributed by atoms with Gasteiger partial charge in [0.1, 0.15) is 17.2 Å². The minimum Gasteiger partial charge on any atom is -0.383 e. The number of aryl methyl sites for hydroxylation is 1. The predicted molar refractivity (Wildman–Crippen MR) is 43.6 cm³/mol. The fourth-order valence-corrected chi connectivity index (χ4v) is 0.749. The Bertz CT molecular complexity index is 340. The van der Waals surface area contributed by atoms with Crippen molar-refractivity contribution in [1.29, 1.82) is 5.41 Å². The number of hydrogen-bond donors (Lipinski definition) is 3. The van der Waals surface area contributed by atoms with E-state index in [9.17, 15) is 4.79 Å². The lowest BCUT2D eigenvalue weighted by Gasteiger charge is -1.97. The van der Waals surface area contributed by atoms with Gasteiger partial charge in [-0.1, -0.05) is 0 Å². The van der Waals surface area contributed by atoms with Crippen molar-refractivity contribution in [3.8, 4) is 0 Å². The van der Waals surface area contributed by atoms with Crippen molar-refractivity contribution < 1.29 is 4.79 Å². The number of nitrogens with zero attached hydrogens (tertiary/aromatic N) is 2. The Balaban J connectivity index is 3.12. The summed E-state index contributed by atoms with van der Waals surface area (Å²) in [4.78, 5) is 14.3. The zero-order valence-corrected chi connectivity index (χ0v) is 6.53. The van der Waals surface area contributed by atoms with Gasteiger partial charge in [-0.15, -0.1) is 0 Å². The van der Waals surface area contributed by atoms with Crippen LogP contribution in [-0.4, -0.2) is 21.2 Å². The van der Waals surface area contributed by atoms with Crippen molar-refractivity contribution >= 4 is 17.4 Å². The van der Waals surface area contributed by atoms with Gasteiger partial charge in [-0.25, -0.2) is 4.98 Å². The summed E-state index contributed by atoms with van der Waals surface area (Å²) in [7, 11) is 1.67. The summed E-state index contributed by atoms with van der Waals surface area (Å²) >= 11 is 0. The van der Waals surface area contributed by atoms with E-state index in [1.807, 2.05) is 0 Å². The van der Waals surface area contributed by atoms with E-state index in [0.29, 0.717) is 0 Å². The summed E-state index contributed by atoms with van der Waals surface area (Å²) < 4.78 is 1.51. The number of carbonyl (C=O) groups is 1. The van der Waals surface area contributed by atoms with Gasteiger partial charge in [0.05, 0.1) is 6.33 Å². The highest BCUT2D eigenvalue weighted by Crippen LogP contribution is 2.07. The molecule has 0 aliphatic heterocycles. The standard InChI is InChI=1S/C6H9N5O/c1-11-2-10-4(5(11)8)3(7)6(9)12/h2,7H,8H2,1H3,(H2,9,12). The number of amides is 1. The summed E-state index contributed by atoms with van der Waals surface area (Å²) in [5.41, 5.74) is 10.1. The maximum atomic E-state index is 10.6. The van der Waals surface area contributed by atoms with Crippen molar-refractivity contribution in [1.82, 2.24) is 9.55 Å². The molecule has 0 saturated carbocycles. The van der Waals surface area contributed by atoms with Crippen LogP contribution >= 0.6 is 0 Å². The van der Waals surface area contributed by atoms with Crippen LogP contribution in [0.15, 0.2) is 6.33 Å². The molecule has 1 rings (SSSR count). The molecule has 0 saturated heterocycles. The smallest absolute Gasteiger partial charge is 0.268 e. The van der Waals surface area contributed by atoms with E-state index in [1.54, 1.807) is 7.05 Å². The lowest BCUT2D eigenvalue weighted by Crippen LogP contribution is -2.24. The molecule has 0 bridgehead atoms. The van der Waals surface area contributed by atoms with Gasteiger partial charge in [0.25, 0.3) is 5.91 Å². The molecule has 1 aromatic heterocycles. The first kappa shape index (κ1) is 8.25. The summed E-state index contributed by atoms with van der Waals surface area (Å²) in [5.74, 6) is -0.570. The molecule has 0 aliphatic carbocycles. The SMILES string of the molecule is Cn1cnc(C(=N)C(N)=O)c1N. The quantitative estimate of drug-likeness (QED) is 0.484. The topological polar surface area (TPSA) is 111 Å². The number of anilines is 1. The average molecular weight is 167 g/mol. The fourth-order valence-electron chi connectivity index (χ4n) is 0.749. The van der Waals surface area contributed by atoms with Crippen LogP contribution in [0.3, 0.4) is 0 Å². The molecular formula is C6H9N5O. The Kier molecular flexibility index (Phi) is 1.82. The summed E-state index contributed by atoms with van der Waals surface area (Å²) in [6.45, 7) is 0. The van der Waals surface area contributed by atoms with Gasteiger partial charge in [-0.2, -0.15) is 0 Å². The average Bonchev–Trinajstić information content (AvgIpc) is 2.32. The summed E-state index contributed by atoms with van der Waals surface area (Å²) in [5, 5.41) is 7.21. The van der Waals surface area contributed by atoms with Gasteiger partial charge in [0.2, 0.25) is 0 Å². The van der Waals surface area contributed by atoms with Gasteiger partial charge in [0.15, 0.2) is 0 Å². The highest BCUT2D eigenvalue weighted by Gasteiger charge is 2.14. The molecule has 0 unspecified atom stereocenters. The number of rotatable bonds is 2. The van der Waals surface area contributed by atoms with Crippen LogP contribution in [-0.2, 0) is 11.8 Å². The highest BCUT2D eigenvalue weighted by molar-refractivity contribution is 6.43. The molecule has 64 valence electrons. The second kappa shape index (κ2) is 2.65.